The molecule has 100 valence electrons. The molecule has 19 heavy (non-hydrogen) atoms. The summed E-state index contributed by atoms with van der Waals surface area (Å²) >= 11 is 0. The van der Waals surface area contributed by atoms with E-state index >= 15 is 0 Å². The van der Waals surface area contributed by atoms with E-state index in [9.17, 15) is 9.18 Å². The number of nitrogens with zero attached hydrogens (tertiary/aromatic N) is 1. The fourth-order valence-corrected chi connectivity index (χ4v) is 1.67. The second kappa shape index (κ2) is 5.09. The van der Waals surface area contributed by atoms with Crippen molar-refractivity contribution in [2.24, 2.45) is 0 Å². The minimum absolute atomic E-state index is 0.110. The number of furan rings is 1. The molecule has 6 heteroatoms. The summed E-state index contributed by atoms with van der Waals surface area (Å²) in [5, 5.41) is 11.6. The number of aryl methyl sites for hydroxylation is 1. The Kier molecular flexibility index (Phi) is 3.50. The van der Waals surface area contributed by atoms with Crippen LogP contribution in [0.5, 0.6) is 0 Å². The molecule has 0 fully saturated rings. The van der Waals surface area contributed by atoms with E-state index in [1.807, 2.05) is 0 Å². The topological polar surface area (TPSA) is 75.4 Å². The smallest absolute Gasteiger partial charge is 0.338 e. The molecule has 5 nitrogen and oxygen atoms in total. The van der Waals surface area contributed by atoms with Crippen molar-refractivity contribution < 1.29 is 18.7 Å². The number of aromatic nitrogens is 1. The number of hydrogen-bond acceptors (Lipinski definition) is 4. The van der Waals surface area contributed by atoms with Gasteiger partial charge in [0.05, 0.1) is 6.04 Å². The van der Waals surface area contributed by atoms with Crippen LogP contribution in [0.25, 0.3) is 0 Å². The summed E-state index contributed by atoms with van der Waals surface area (Å²) in [5.41, 5.74) is -0.416. The molecule has 2 aromatic rings. The Morgan fingerprint density at radius 3 is 2.79 bits per heavy atom. The lowest BCUT2D eigenvalue weighted by atomic mass is 10.2. The highest BCUT2D eigenvalue weighted by Crippen LogP contribution is 2.23. The number of nitrogens with one attached hydrogen (secondary N) is 1. The highest BCUT2D eigenvalue weighted by Gasteiger charge is 2.18. The maximum absolute atomic E-state index is 13.9. The molecule has 0 aliphatic rings. The monoisotopic (exact) mass is 264 g/mol. The Hall–Kier alpha value is -2.37. The zero-order valence-electron chi connectivity index (χ0n) is 10.5. The third-order valence-electron chi connectivity index (χ3n) is 2.66. The number of carboxylic acids is 1. The fraction of sp³-hybridized carbons (Fsp3) is 0.231. The molecular formula is C13H13FN2O3. The highest BCUT2D eigenvalue weighted by molar-refractivity contribution is 5.88. The van der Waals surface area contributed by atoms with Crippen LogP contribution in [-0.4, -0.2) is 16.1 Å². The van der Waals surface area contributed by atoms with E-state index in [0.29, 0.717) is 5.76 Å². The van der Waals surface area contributed by atoms with Crippen LogP contribution in [0.15, 0.2) is 28.8 Å². The number of rotatable bonds is 4. The Balaban J connectivity index is 2.24. The predicted octanol–water partition coefficient (Wildman–Crippen LogP) is 2.99. The first-order valence-corrected chi connectivity index (χ1v) is 5.69. The normalized spacial score (nSPS) is 12.2. The maximum Gasteiger partial charge on any atom is 0.338 e. The third-order valence-corrected chi connectivity index (χ3v) is 2.66. The van der Waals surface area contributed by atoms with Gasteiger partial charge in [-0.05, 0) is 32.0 Å². The maximum atomic E-state index is 13.9. The van der Waals surface area contributed by atoms with Crippen molar-refractivity contribution in [3.8, 4) is 0 Å². The van der Waals surface area contributed by atoms with E-state index in [0.717, 1.165) is 11.8 Å². The summed E-state index contributed by atoms with van der Waals surface area (Å²) in [6, 6.07) is 4.36. The number of anilines is 1. The molecule has 2 rings (SSSR count). The van der Waals surface area contributed by atoms with Crippen LogP contribution >= 0.6 is 0 Å². The van der Waals surface area contributed by atoms with Crippen LogP contribution in [0.4, 0.5) is 10.2 Å². The van der Waals surface area contributed by atoms with Gasteiger partial charge in [-0.15, -0.1) is 0 Å². The molecule has 1 atom stereocenters. The molecule has 2 aromatic heterocycles. The second-order valence-electron chi connectivity index (χ2n) is 4.14. The van der Waals surface area contributed by atoms with Crippen molar-refractivity contribution in [3.63, 3.8) is 0 Å². The van der Waals surface area contributed by atoms with Gasteiger partial charge >= 0.3 is 5.97 Å². The molecule has 0 saturated heterocycles. The molecule has 1 unspecified atom stereocenters. The van der Waals surface area contributed by atoms with Gasteiger partial charge in [-0.25, -0.2) is 14.2 Å². The first-order valence-electron chi connectivity index (χ1n) is 5.69. The zero-order valence-corrected chi connectivity index (χ0v) is 10.5. The van der Waals surface area contributed by atoms with Crippen molar-refractivity contribution >= 4 is 11.8 Å². The van der Waals surface area contributed by atoms with E-state index in [2.05, 4.69) is 10.3 Å². The van der Waals surface area contributed by atoms with Crippen LogP contribution in [0, 0.1) is 12.7 Å². The van der Waals surface area contributed by atoms with Gasteiger partial charge in [0.25, 0.3) is 0 Å². The average molecular weight is 264 g/mol. The first-order chi connectivity index (χ1) is 8.99. The Morgan fingerprint density at radius 2 is 2.21 bits per heavy atom. The number of carboxylic acid groups (broad SMARTS) is 1. The Labute approximate surface area is 109 Å². The largest absolute Gasteiger partial charge is 0.478 e. The molecule has 0 spiro atoms. The predicted molar refractivity (Wildman–Crippen MR) is 66.6 cm³/mol. The van der Waals surface area contributed by atoms with Gasteiger partial charge in [-0.1, -0.05) is 0 Å². The minimum atomic E-state index is -1.33. The van der Waals surface area contributed by atoms with Crippen LogP contribution in [-0.2, 0) is 0 Å². The van der Waals surface area contributed by atoms with Gasteiger partial charge in [0, 0.05) is 6.20 Å². The van der Waals surface area contributed by atoms with Crippen molar-refractivity contribution in [1.82, 2.24) is 4.98 Å². The second-order valence-corrected chi connectivity index (χ2v) is 4.14. The van der Waals surface area contributed by atoms with E-state index in [4.69, 9.17) is 9.52 Å². The lowest BCUT2D eigenvalue weighted by Crippen LogP contribution is -2.11. The Bertz CT molecular complexity index is 610. The van der Waals surface area contributed by atoms with Gasteiger partial charge in [0.15, 0.2) is 11.6 Å². The number of pyridine rings is 1. The van der Waals surface area contributed by atoms with Crippen LogP contribution in [0.3, 0.4) is 0 Å². The summed E-state index contributed by atoms with van der Waals surface area (Å²) < 4.78 is 19.3. The molecular weight excluding hydrogens is 251 g/mol. The SMILES string of the molecule is Cc1ccc(C(C)Nc2nccc(C(=O)O)c2F)o1. The summed E-state index contributed by atoms with van der Waals surface area (Å²) in [5.74, 6) is -0.952. The van der Waals surface area contributed by atoms with E-state index in [-0.39, 0.29) is 11.9 Å². The number of halogens is 1. The highest BCUT2D eigenvalue weighted by atomic mass is 19.1. The van der Waals surface area contributed by atoms with Crippen LogP contribution < -0.4 is 5.32 Å². The number of hydrogen-bond donors (Lipinski definition) is 2. The van der Waals surface area contributed by atoms with Crippen LogP contribution in [0.2, 0.25) is 0 Å². The number of aromatic carboxylic acids is 1. The molecule has 2 N–H and O–H groups in total. The average Bonchev–Trinajstić information content (AvgIpc) is 2.78. The summed E-state index contributed by atoms with van der Waals surface area (Å²) in [6.45, 7) is 3.58. The van der Waals surface area contributed by atoms with Crippen molar-refractivity contribution in [2.75, 3.05) is 5.32 Å². The summed E-state index contributed by atoms with van der Waals surface area (Å²) in [7, 11) is 0. The van der Waals surface area contributed by atoms with Gasteiger partial charge in [-0.3, -0.25) is 0 Å². The summed E-state index contributed by atoms with van der Waals surface area (Å²) in [6.07, 6.45) is 1.25. The molecule has 0 amide bonds. The molecule has 0 saturated carbocycles. The van der Waals surface area contributed by atoms with Crippen molar-refractivity contribution in [1.29, 1.82) is 0 Å². The fourth-order valence-electron chi connectivity index (χ4n) is 1.67. The summed E-state index contributed by atoms with van der Waals surface area (Å²) in [4.78, 5) is 14.6. The van der Waals surface area contributed by atoms with Gasteiger partial charge in [-0.2, -0.15) is 0 Å². The lowest BCUT2D eigenvalue weighted by Gasteiger charge is -2.13. The molecule has 0 aliphatic carbocycles. The lowest BCUT2D eigenvalue weighted by molar-refractivity contribution is 0.0692. The van der Waals surface area contributed by atoms with Gasteiger partial charge < -0.3 is 14.8 Å². The van der Waals surface area contributed by atoms with Crippen molar-refractivity contribution in [3.05, 3.63) is 47.3 Å². The molecule has 0 aromatic carbocycles. The minimum Gasteiger partial charge on any atom is -0.478 e. The van der Waals surface area contributed by atoms with E-state index < -0.39 is 17.3 Å². The Morgan fingerprint density at radius 1 is 1.47 bits per heavy atom. The quantitative estimate of drug-likeness (QED) is 0.887. The van der Waals surface area contributed by atoms with E-state index in [1.54, 1.807) is 26.0 Å². The van der Waals surface area contributed by atoms with Crippen LogP contribution in [0.1, 0.15) is 34.8 Å². The van der Waals surface area contributed by atoms with Gasteiger partial charge in [0.2, 0.25) is 0 Å². The first kappa shape index (κ1) is 13.1. The zero-order chi connectivity index (χ0) is 14.0. The van der Waals surface area contributed by atoms with Crippen molar-refractivity contribution in [2.45, 2.75) is 19.9 Å². The standard InChI is InChI=1S/C13H13FN2O3/c1-7-3-4-10(19-7)8(2)16-12-11(14)9(13(17)18)5-6-15-12/h3-6,8H,1-2H3,(H,15,16)(H,17,18). The molecule has 0 radical (unpaired) electrons. The molecule has 0 bridgehead atoms. The molecule has 2 heterocycles. The molecule has 0 aliphatic heterocycles. The van der Waals surface area contributed by atoms with Gasteiger partial charge in [0.1, 0.15) is 17.1 Å². The third kappa shape index (κ3) is 2.73. The number of carbonyl (C=O) groups is 1. The van der Waals surface area contributed by atoms with E-state index in [1.165, 1.54) is 6.20 Å².